The standard InChI is InChI=1S/C21H28N2O2/c1-5-18(6-2)19-11-13-23(14-12-19)16(3)21(24)22-15-17-7-9-20(25-4)10-8-17/h7-14,16,18H,5-6,15H2,1-4H3/p+1/t16-/m0/s1. The molecule has 0 spiro atoms. The molecule has 0 saturated carbocycles. The van der Waals surface area contributed by atoms with Crippen LogP contribution in [-0.2, 0) is 11.3 Å². The van der Waals surface area contributed by atoms with Gasteiger partial charge in [0.05, 0.1) is 7.11 Å². The van der Waals surface area contributed by atoms with E-state index in [1.54, 1.807) is 7.11 Å². The molecule has 0 bridgehead atoms. The summed E-state index contributed by atoms with van der Waals surface area (Å²) in [6.45, 7) is 6.86. The summed E-state index contributed by atoms with van der Waals surface area (Å²) in [7, 11) is 1.64. The van der Waals surface area contributed by atoms with E-state index in [0.29, 0.717) is 12.5 Å². The first-order chi connectivity index (χ1) is 12.1. The zero-order chi connectivity index (χ0) is 18.2. The number of hydrogen-bond donors (Lipinski definition) is 1. The summed E-state index contributed by atoms with van der Waals surface area (Å²) in [5, 5.41) is 2.99. The van der Waals surface area contributed by atoms with Crippen molar-refractivity contribution < 1.29 is 14.1 Å². The summed E-state index contributed by atoms with van der Waals surface area (Å²) < 4.78 is 7.10. The van der Waals surface area contributed by atoms with Crippen molar-refractivity contribution in [2.75, 3.05) is 7.11 Å². The minimum atomic E-state index is -0.242. The van der Waals surface area contributed by atoms with Crippen LogP contribution in [-0.4, -0.2) is 13.0 Å². The molecule has 1 atom stereocenters. The van der Waals surface area contributed by atoms with Gasteiger partial charge in [0, 0.05) is 25.6 Å². The smallest absolute Gasteiger partial charge is 0.289 e. The zero-order valence-corrected chi connectivity index (χ0v) is 15.7. The molecule has 0 aliphatic heterocycles. The number of amides is 1. The van der Waals surface area contributed by atoms with Gasteiger partial charge in [-0.15, -0.1) is 0 Å². The molecule has 134 valence electrons. The van der Waals surface area contributed by atoms with Crippen LogP contribution < -0.4 is 14.6 Å². The molecule has 1 aromatic carbocycles. The van der Waals surface area contributed by atoms with E-state index >= 15 is 0 Å². The maximum Gasteiger partial charge on any atom is 0.289 e. The van der Waals surface area contributed by atoms with E-state index in [0.717, 1.165) is 24.2 Å². The van der Waals surface area contributed by atoms with Crippen LogP contribution in [0, 0.1) is 0 Å². The molecule has 0 aliphatic rings. The van der Waals surface area contributed by atoms with E-state index in [1.165, 1.54) is 5.56 Å². The van der Waals surface area contributed by atoms with Gasteiger partial charge in [-0.25, -0.2) is 0 Å². The molecule has 2 aromatic rings. The molecule has 1 amide bonds. The fourth-order valence-electron chi connectivity index (χ4n) is 2.96. The van der Waals surface area contributed by atoms with Crippen LogP contribution in [0.5, 0.6) is 5.75 Å². The highest BCUT2D eigenvalue weighted by Crippen LogP contribution is 2.21. The van der Waals surface area contributed by atoms with Gasteiger partial charge in [-0.1, -0.05) is 26.0 Å². The Bertz CT molecular complexity index is 661. The Hall–Kier alpha value is -2.36. The maximum absolute atomic E-state index is 12.4. The zero-order valence-electron chi connectivity index (χ0n) is 15.7. The van der Waals surface area contributed by atoms with Crippen molar-refractivity contribution in [2.45, 2.75) is 52.1 Å². The lowest BCUT2D eigenvalue weighted by Gasteiger charge is -2.13. The molecule has 0 fully saturated rings. The largest absolute Gasteiger partial charge is 0.497 e. The molecular formula is C21H29N2O2+. The van der Waals surface area contributed by atoms with Crippen LogP contribution in [0.15, 0.2) is 48.8 Å². The minimum Gasteiger partial charge on any atom is -0.497 e. The number of ether oxygens (including phenoxy) is 1. The Morgan fingerprint density at radius 3 is 2.20 bits per heavy atom. The SMILES string of the molecule is CCC(CC)c1cc[n+]([C@@H](C)C(=O)NCc2ccc(OC)cc2)cc1. The third-order valence-corrected chi connectivity index (χ3v) is 4.79. The van der Waals surface area contributed by atoms with E-state index in [4.69, 9.17) is 4.74 Å². The van der Waals surface area contributed by atoms with Crippen LogP contribution in [0.3, 0.4) is 0 Å². The van der Waals surface area contributed by atoms with Gasteiger partial charge in [-0.05, 0) is 42.0 Å². The number of pyridine rings is 1. The second-order valence-electron chi connectivity index (χ2n) is 6.33. The fraction of sp³-hybridized carbons (Fsp3) is 0.429. The van der Waals surface area contributed by atoms with Crippen molar-refractivity contribution in [3.63, 3.8) is 0 Å². The first-order valence-corrected chi connectivity index (χ1v) is 9.00. The number of carbonyl (C=O) groups is 1. The number of hydrogen-bond acceptors (Lipinski definition) is 2. The first-order valence-electron chi connectivity index (χ1n) is 9.00. The van der Waals surface area contributed by atoms with E-state index in [1.807, 2.05) is 48.1 Å². The van der Waals surface area contributed by atoms with Crippen LogP contribution >= 0.6 is 0 Å². The van der Waals surface area contributed by atoms with Crippen LogP contribution in [0.2, 0.25) is 0 Å². The topological polar surface area (TPSA) is 42.2 Å². The van der Waals surface area contributed by atoms with Crippen molar-refractivity contribution in [2.24, 2.45) is 0 Å². The molecule has 0 unspecified atom stereocenters. The van der Waals surface area contributed by atoms with Gasteiger partial charge >= 0.3 is 0 Å². The molecule has 0 saturated heterocycles. The first kappa shape index (κ1) is 19.0. The number of rotatable bonds is 8. The lowest BCUT2D eigenvalue weighted by molar-refractivity contribution is -0.706. The highest BCUT2D eigenvalue weighted by Gasteiger charge is 2.21. The Kier molecular flexibility index (Phi) is 6.99. The molecule has 1 N–H and O–H groups in total. The second-order valence-corrected chi connectivity index (χ2v) is 6.33. The number of methoxy groups -OCH3 is 1. The summed E-state index contributed by atoms with van der Waals surface area (Å²) in [6.07, 6.45) is 6.29. The highest BCUT2D eigenvalue weighted by atomic mass is 16.5. The average molecular weight is 341 g/mol. The Morgan fingerprint density at radius 2 is 1.68 bits per heavy atom. The fourth-order valence-corrected chi connectivity index (χ4v) is 2.96. The van der Waals surface area contributed by atoms with Gasteiger partial charge in [-0.3, -0.25) is 4.79 Å². The van der Waals surface area contributed by atoms with Crippen LogP contribution in [0.25, 0.3) is 0 Å². The number of nitrogens with zero attached hydrogens (tertiary/aromatic N) is 1. The van der Waals surface area contributed by atoms with Gasteiger partial charge in [0.15, 0.2) is 12.4 Å². The molecular weight excluding hydrogens is 312 g/mol. The summed E-state index contributed by atoms with van der Waals surface area (Å²) in [5.41, 5.74) is 2.39. The molecule has 0 radical (unpaired) electrons. The maximum atomic E-state index is 12.4. The van der Waals surface area contributed by atoms with E-state index in [2.05, 4.69) is 31.3 Å². The van der Waals surface area contributed by atoms with Gasteiger partial charge in [0.2, 0.25) is 6.04 Å². The third-order valence-electron chi connectivity index (χ3n) is 4.79. The molecule has 25 heavy (non-hydrogen) atoms. The number of aromatic nitrogens is 1. The van der Waals surface area contributed by atoms with Crippen molar-refractivity contribution in [3.8, 4) is 5.75 Å². The lowest BCUT2D eigenvalue weighted by atomic mass is 9.95. The number of nitrogens with one attached hydrogen (secondary N) is 1. The molecule has 1 heterocycles. The van der Waals surface area contributed by atoms with Crippen LogP contribution in [0.4, 0.5) is 0 Å². The Labute approximate surface area is 150 Å². The van der Waals surface area contributed by atoms with Crippen LogP contribution in [0.1, 0.15) is 56.7 Å². The number of benzene rings is 1. The molecule has 0 aliphatic carbocycles. The minimum absolute atomic E-state index is 0.0103. The summed E-state index contributed by atoms with van der Waals surface area (Å²) in [5.74, 6) is 1.42. The van der Waals surface area contributed by atoms with Gasteiger partial charge in [-0.2, -0.15) is 4.57 Å². The van der Waals surface area contributed by atoms with E-state index < -0.39 is 0 Å². The highest BCUT2D eigenvalue weighted by molar-refractivity contribution is 5.78. The molecule has 2 rings (SSSR count). The van der Waals surface area contributed by atoms with Gasteiger partial charge in [0.1, 0.15) is 5.75 Å². The number of carbonyl (C=O) groups excluding carboxylic acids is 1. The van der Waals surface area contributed by atoms with Gasteiger partial charge in [0.25, 0.3) is 5.91 Å². The van der Waals surface area contributed by atoms with Crippen molar-refractivity contribution in [3.05, 3.63) is 59.9 Å². The normalized spacial score (nSPS) is 12.0. The predicted molar refractivity (Wildman–Crippen MR) is 99.5 cm³/mol. The lowest BCUT2D eigenvalue weighted by Crippen LogP contribution is -2.46. The van der Waals surface area contributed by atoms with E-state index in [-0.39, 0.29) is 11.9 Å². The molecule has 4 heteroatoms. The van der Waals surface area contributed by atoms with Crippen molar-refractivity contribution in [1.29, 1.82) is 0 Å². The Morgan fingerprint density at radius 1 is 1.08 bits per heavy atom. The summed E-state index contributed by atoms with van der Waals surface area (Å²) >= 11 is 0. The molecule has 4 nitrogen and oxygen atoms in total. The van der Waals surface area contributed by atoms with Crippen molar-refractivity contribution in [1.82, 2.24) is 5.32 Å². The van der Waals surface area contributed by atoms with Gasteiger partial charge < -0.3 is 10.1 Å². The summed E-state index contributed by atoms with van der Waals surface area (Å²) in [4.78, 5) is 12.4. The summed E-state index contributed by atoms with van der Waals surface area (Å²) in [6, 6.07) is 11.7. The second kappa shape index (κ2) is 9.21. The molecule has 1 aromatic heterocycles. The quantitative estimate of drug-likeness (QED) is 0.743. The monoisotopic (exact) mass is 341 g/mol. The van der Waals surface area contributed by atoms with Crippen molar-refractivity contribution >= 4 is 5.91 Å². The average Bonchev–Trinajstić information content (AvgIpc) is 2.67. The predicted octanol–water partition coefficient (Wildman–Crippen LogP) is 3.76. The third kappa shape index (κ3) is 5.05. The Balaban J connectivity index is 1.94. The van der Waals surface area contributed by atoms with E-state index in [9.17, 15) is 4.79 Å².